The Balaban J connectivity index is 1.29. The second-order valence-electron chi connectivity index (χ2n) is 8.26. The number of nitrogens with one attached hydrogen (secondary N) is 2. The predicted octanol–water partition coefficient (Wildman–Crippen LogP) is 2.97. The number of ether oxygens (including phenoxy) is 1. The quantitative estimate of drug-likeness (QED) is 0.460. The van der Waals surface area contributed by atoms with Gasteiger partial charge in [0.1, 0.15) is 5.54 Å². The Kier molecular flexibility index (Phi) is 6.54. The number of aromatic nitrogens is 2. The van der Waals surface area contributed by atoms with E-state index < -0.39 is 35.3 Å². The van der Waals surface area contributed by atoms with E-state index in [4.69, 9.17) is 9.15 Å². The number of benzene rings is 1. The number of nitrogens with zero attached hydrogens (tertiary/aromatic N) is 3. The molecular weight excluding hydrogens is 453 g/mol. The smallest absolute Gasteiger partial charge is 0.344 e. The summed E-state index contributed by atoms with van der Waals surface area (Å²) in [6.07, 6.45) is 2.07. The van der Waals surface area contributed by atoms with Crippen molar-refractivity contribution < 1.29 is 27.9 Å². The fourth-order valence-electron chi connectivity index (χ4n) is 3.82. The first-order valence-corrected chi connectivity index (χ1v) is 11.6. The van der Waals surface area contributed by atoms with E-state index in [-0.39, 0.29) is 22.6 Å². The minimum atomic E-state index is -0.931. The lowest BCUT2D eigenvalue weighted by Gasteiger charge is -2.33. The molecule has 1 aromatic heterocycles. The van der Waals surface area contributed by atoms with Gasteiger partial charge in [-0.2, -0.15) is 5.01 Å². The van der Waals surface area contributed by atoms with Crippen LogP contribution < -0.4 is 15.5 Å². The molecule has 1 saturated carbocycles. The van der Waals surface area contributed by atoms with E-state index in [1.807, 2.05) is 0 Å². The first-order valence-electron chi connectivity index (χ1n) is 10.6. The van der Waals surface area contributed by atoms with E-state index >= 15 is 0 Å². The van der Waals surface area contributed by atoms with Gasteiger partial charge < -0.3 is 14.5 Å². The molecule has 1 spiro atoms. The van der Waals surface area contributed by atoms with Crippen LogP contribution >= 0.6 is 11.8 Å². The van der Waals surface area contributed by atoms with Crippen molar-refractivity contribution in [1.82, 2.24) is 25.9 Å². The molecule has 2 aromatic rings. The van der Waals surface area contributed by atoms with Crippen molar-refractivity contribution in [3.05, 3.63) is 36.0 Å². The molecule has 1 atom stereocenters. The molecular formula is C21H24FN5O5S. The second-order valence-corrected chi connectivity index (χ2v) is 9.18. The average molecular weight is 478 g/mol. The zero-order valence-electron chi connectivity index (χ0n) is 18.2. The number of urea groups is 1. The summed E-state index contributed by atoms with van der Waals surface area (Å²) in [7, 11) is 0. The van der Waals surface area contributed by atoms with Gasteiger partial charge in [-0.3, -0.25) is 15.0 Å². The molecule has 176 valence electrons. The van der Waals surface area contributed by atoms with Crippen LogP contribution in [0.5, 0.6) is 5.75 Å². The number of halogens is 1. The van der Waals surface area contributed by atoms with Gasteiger partial charge in [-0.05, 0) is 50.7 Å². The molecule has 1 aromatic carbocycles. The summed E-state index contributed by atoms with van der Waals surface area (Å²) in [6.45, 7) is 3.74. The van der Waals surface area contributed by atoms with E-state index in [9.17, 15) is 18.8 Å². The highest BCUT2D eigenvalue weighted by Gasteiger charge is 2.52. The van der Waals surface area contributed by atoms with Crippen molar-refractivity contribution in [3.63, 3.8) is 0 Å². The minimum Gasteiger partial charge on any atom is -0.478 e. The van der Waals surface area contributed by atoms with Gasteiger partial charge in [-0.25, -0.2) is 9.18 Å². The van der Waals surface area contributed by atoms with Crippen LogP contribution in [-0.4, -0.2) is 44.3 Å². The molecule has 1 unspecified atom stereocenters. The summed E-state index contributed by atoms with van der Waals surface area (Å²) in [5, 5.41) is 11.3. The lowest BCUT2D eigenvalue weighted by atomic mass is 9.77. The number of para-hydroxylation sites is 1. The van der Waals surface area contributed by atoms with Gasteiger partial charge in [0, 0.05) is 0 Å². The number of thioether (sulfide) groups is 1. The molecule has 33 heavy (non-hydrogen) atoms. The topological polar surface area (TPSA) is 127 Å². The van der Waals surface area contributed by atoms with Crippen molar-refractivity contribution in [3.8, 4) is 5.75 Å². The predicted molar refractivity (Wildman–Crippen MR) is 114 cm³/mol. The normalized spacial score (nSPS) is 23.5. The Bertz CT molecular complexity index is 1060. The van der Waals surface area contributed by atoms with E-state index in [0.717, 1.165) is 29.6 Å². The first-order chi connectivity index (χ1) is 15.8. The Labute approximate surface area is 193 Å². The highest BCUT2D eigenvalue weighted by atomic mass is 32.2. The van der Waals surface area contributed by atoms with Gasteiger partial charge in [0.05, 0.1) is 5.75 Å². The zero-order chi connectivity index (χ0) is 23.6. The maximum atomic E-state index is 13.7. The van der Waals surface area contributed by atoms with Crippen LogP contribution in [0.2, 0.25) is 0 Å². The summed E-state index contributed by atoms with van der Waals surface area (Å²) in [4.78, 5) is 37.4. The minimum absolute atomic E-state index is 0.0514. The Morgan fingerprint density at radius 3 is 2.82 bits per heavy atom. The Morgan fingerprint density at radius 1 is 1.36 bits per heavy atom. The molecule has 4 amide bonds. The number of amides is 4. The Hall–Kier alpha value is -3.15. The lowest BCUT2D eigenvalue weighted by molar-refractivity contribution is -0.139. The largest absolute Gasteiger partial charge is 0.478 e. The van der Waals surface area contributed by atoms with Crippen LogP contribution in [0.1, 0.15) is 51.5 Å². The monoisotopic (exact) mass is 477 g/mol. The van der Waals surface area contributed by atoms with Gasteiger partial charge in [0.2, 0.25) is 5.91 Å². The van der Waals surface area contributed by atoms with Crippen LogP contribution in [0.15, 0.2) is 33.9 Å². The summed E-state index contributed by atoms with van der Waals surface area (Å²) < 4.78 is 24.7. The van der Waals surface area contributed by atoms with E-state index in [1.165, 1.54) is 12.1 Å². The van der Waals surface area contributed by atoms with Crippen molar-refractivity contribution in [1.29, 1.82) is 0 Å². The summed E-state index contributed by atoms with van der Waals surface area (Å²) in [5.41, 5.74) is 1.42. The van der Waals surface area contributed by atoms with Crippen LogP contribution in [-0.2, 0) is 9.59 Å². The van der Waals surface area contributed by atoms with Gasteiger partial charge in [0.15, 0.2) is 17.7 Å². The SMILES string of the molecule is CC1CCC2(CC1)NC(=O)N(NC(=O)CSc1nnc(C(C)Oc3ccccc3F)o1)C2=O. The number of carbonyl (C=O) groups is 3. The highest BCUT2D eigenvalue weighted by Crippen LogP contribution is 2.35. The molecule has 0 bridgehead atoms. The van der Waals surface area contributed by atoms with Crippen molar-refractivity contribution in [2.75, 3.05) is 5.75 Å². The van der Waals surface area contributed by atoms with Crippen LogP contribution in [0.4, 0.5) is 9.18 Å². The number of imide groups is 1. The average Bonchev–Trinajstić information content (AvgIpc) is 3.35. The van der Waals surface area contributed by atoms with E-state index in [1.54, 1.807) is 19.1 Å². The standard InChI is InChI=1S/C21H24FN5O5S/c1-12-7-9-21(10-8-12)18(29)27(19(30)23-21)26-16(28)11-33-20-25-24-17(32-20)13(2)31-15-6-4-3-5-14(15)22/h3-6,12-13H,7-11H2,1-2H3,(H,23,30)(H,26,28). The molecule has 1 saturated heterocycles. The van der Waals surface area contributed by atoms with Crippen molar-refractivity contribution in [2.24, 2.45) is 5.92 Å². The molecule has 10 nitrogen and oxygen atoms in total. The summed E-state index contributed by atoms with van der Waals surface area (Å²) >= 11 is 0.938. The molecule has 2 fully saturated rings. The molecule has 4 rings (SSSR count). The third-order valence-corrected chi connectivity index (χ3v) is 6.58. The van der Waals surface area contributed by atoms with Gasteiger partial charge >= 0.3 is 6.03 Å². The maximum Gasteiger partial charge on any atom is 0.344 e. The first kappa shape index (κ1) is 23.0. The molecule has 2 N–H and O–H groups in total. The summed E-state index contributed by atoms with van der Waals surface area (Å²) in [5.74, 6) is -1.01. The molecule has 12 heteroatoms. The fourth-order valence-corrected chi connectivity index (χ4v) is 4.39. The number of hydrogen-bond acceptors (Lipinski definition) is 8. The lowest BCUT2D eigenvalue weighted by Crippen LogP contribution is -2.51. The van der Waals surface area contributed by atoms with Crippen molar-refractivity contribution >= 4 is 29.6 Å². The van der Waals surface area contributed by atoms with Crippen LogP contribution in [0.25, 0.3) is 0 Å². The zero-order valence-corrected chi connectivity index (χ0v) is 19.0. The maximum absolute atomic E-state index is 13.7. The third kappa shape index (κ3) is 4.95. The van der Waals surface area contributed by atoms with Gasteiger partial charge in [-0.1, -0.05) is 30.8 Å². The molecule has 0 radical (unpaired) electrons. The number of carbonyl (C=O) groups excluding carboxylic acids is 3. The summed E-state index contributed by atoms with van der Waals surface area (Å²) in [6, 6.07) is 5.31. The number of rotatable bonds is 7. The number of hydrogen-bond donors (Lipinski definition) is 2. The highest BCUT2D eigenvalue weighted by molar-refractivity contribution is 7.99. The fraction of sp³-hybridized carbons (Fsp3) is 0.476. The third-order valence-electron chi connectivity index (χ3n) is 5.76. The molecule has 1 aliphatic carbocycles. The second kappa shape index (κ2) is 9.38. The molecule has 1 aliphatic heterocycles. The van der Waals surface area contributed by atoms with Crippen LogP contribution in [0, 0.1) is 11.7 Å². The molecule has 2 heterocycles. The number of hydrazine groups is 1. The van der Waals surface area contributed by atoms with E-state index in [2.05, 4.69) is 27.9 Å². The van der Waals surface area contributed by atoms with Gasteiger partial charge in [0.25, 0.3) is 17.0 Å². The van der Waals surface area contributed by atoms with Crippen molar-refractivity contribution in [2.45, 2.75) is 56.4 Å². The Morgan fingerprint density at radius 2 is 2.09 bits per heavy atom. The van der Waals surface area contributed by atoms with E-state index in [0.29, 0.717) is 18.8 Å². The van der Waals surface area contributed by atoms with Crippen LogP contribution in [0.3, 0.4) is 0 Å². The molecule has 2 aliphatic rings. The van der Waals surface area contributed by atoms with Gasteiger partial charge in [-0.15, -0.1) is 10.2 Å².